The maximum Gasteiger partial charge on any atom is 0.223 e. The molecule has 1 atom stereocenters. The van der Waals surface area contributed by atoms with E-state index in [0.717, 1.165) is 50.7 Å². The third-order valence-electron chi connectivity index (χ3n) is 4.56. The van der Waals surface area contributed by atoms with E-state index in [4.69, 9.17) is 0 Å². The standard InChI is InChI=1S/C18H31N5O/c1-5-15(4)18(24)19-13-17-21-20-16-8-10-22(11-12-23(16)17)9-6-7-14(2)3/h6-7,14-15H,5,8-13H2,1-4H3,(H,19,24). The molecule has 1 amide bonds. The van der Waals surface area contributed by atoms with E-state index in [9.17, 15) is 4.79 Å². The average Bonchev–Trinajstić information content (AvgIpc) is 2.84. The van der Waals surface area contributed by atoms with Crippen molar-refractivity contribution < 1.29 is 4.79 Å². The van der Waals surface area contributed by atoms with Crippen LogP contribution in [0.5, 0.6) is 0 Å². The molecular weight excluding hydrogens is 302 g/mol. The predicted octanol–water partition coefficient (Wildman–Crippen LogP) is 2.01. The van der Waals surface area contributed by atoms with Crippen LogP contribution in [0, 0.1) is 11.8 Å². The molecule has 1 aromatic heterocycles. The summed E-state index contributed by atoms with van der Waals surface area (Å²) in [6, 6.07) is 0. The van der Waals surface area contributed by atoms with E-state index in [2.05, 4.69) is 51.0 Å². The second-order valence-electron chi connectivity index (χ2n) is 6.93. The number of carbonyl (C=O) groups excluding carboxylic acids is 1. The van der Waals surface area contributed by atoms with E-state index in [0.29, 0.717) is 12.5 Å². The van der Waals surface area contributed by atoms with Crippen molar-refractivity contribution in [1.29, 1.82) is 0 Å². The summed E-state index contributed by atoms with van der Waals surface area (Å²) in [4.78, 5) is 14.4. The quantitative estimate of drug-likeness (QED) is 0.775. The number of rotatable bonds is 7. The zero-order chi connectivity index (χ0) is 17.5. The largest absolute Gasteiger partial charge is 0.349 e. The minimum atomic E-state index is 0.0414. The summed E-state index contributed by atoms with van der Waals surface area (Å²) < 4.78 is 2.17. The normalized spacial score (nSPS) is 17.0. The number of carbonyl (C=O) groups is 1. The van der Waals surface area contributed by atoms with Crippen LogP contribution in [-0.4, -0.2) is 45.2 Å². The number of hydrogen-bond donors (Lipinski definition) is 1. The van der Waals surface area contributed by atoms with Crippen molar-refractivity contribution in [3.63, 3.8) is 0 Å². The van der Waals surface area contributed by atoms with Crippen LogP contribution >= 0.6 is 0 Å². The van der Waals surface area contributed by atoms with Crippen molar-refractivity contribution in [1.82, 2.24) is 25.0 Å². The van der Waals surface area contributed by atoms with Crippen LogP contribution < -0.4 is 5.32 Å². The topological polar surface area (TPSA) is 63.1 Å². The Labute approximate surface area is 145 Å². The summed E-state index contributed by atoms with van der Waals surface area (Å²) in [6.45, 7) is 12.7. The summed E-state index contributed by atoms with van der Waals surface area (Å²) in [5, 5.41) is 11.6. The van der Waals surface area contributed by atoms with Crippen LogP contribution in [0.1, 0.15) is 45.8 Å². The first-order valence-corrected chi connectivity index (χ1v) is 9.09. The fourth-order valence-electron chi connectivity index (χ4n) is 2.75. The Morgan fingerprint density at radius 3 is 2.75 bits per heavy atom. The molecule has 0 aromatic carbocycles. The van der Waals surface area contributed by atoms with Crippen LogP contribution in [0.25, 0.3) is 0 Å². The third kappa shape index (κ3) is 5.16. The highest BCUT2D eigenvalue weighted by molar-refractivity contribution is 5.78. The molecule has 24 heavy (non-hydrogen) atoms. The van der Waals surface area contributed by atoms with Crippen LogP contribution in [0.2, 0.25) is 0 Å². The van der Waals surface area contributed by atoms with E-state index in [1.165, 1.54) is 0 Å². The Morgan fingerprint density at radius 2 is 2.04 bits per heavy atom. The van der Waals surface area contributed by atoms with Crippen LogP contribution in [-0.2, 0) is 24.3 Å². The van der Waals surface area contributed by atoms with Crippen molar-refractivity contribution in [3.05, 3.63) is 23.8 Å². The minimum Gasteiger partial charge on any atom is -0.349 e. The average molecular weight is 333 g/mol. The van der Waals surface area contributed by atoms with Crippen molar-refractivity contribution in [2.75, 3.05) is 19.6 Å². The summed E-state index contributed by atoms with van der Waals surface area (Å²) in [5.41, 5.74) is 0. The first kappa shape index (κ1) is 18.6. The molecule has 1 unspecified atom stereocenters. The van der Waals surface area contributed by atoms with E-state index >= 15 is 0 Å². The number of fused-ring (bicyclic) bond motifs is 1. The van der Waals surface area contributed by atoms with Crippen molar-refractivity contribution in [3.8, 4) is 0 Å². The molecule has 0 fully saturated rings. The van der Waals surface area contributed by atoms with E-state index in [-0.39, 0.29) is 11.8 Å². The summed E-state index contributed by atoms with van der Waals surface area (Å²) >= 11 is 0. The van der Waals surface area contributed by atoms with Gasteiger partial charge in [-0.1, -0.05) is 39.8 Å². The molecule has 1 aliphatic heterocycles. The zero-order valence-electron chi connectivity index (χ0n) is 15.5. The lowest BCUT2D eigenvalue weighted by molar-refractivity contribution is -0.124. The van der Waals surface area contributed by atoms with Crippen LogP contribution in [0.4, 0.5) is 0 Å². The molecule has 0 aliphatic carbocycles. The first-order chi connectivity index (χ1) is 11.5. The van der Waals surface area contributed by atoms with Gasteiger partial charge in [0.2, 0.25) is 5.91 Å². The van der Waals surface area contributed by atoms with Gasteiger partial charge in [-0.15, -0.1) is 10.2 Å². The van der Waals surface area contributed by atoms with Gasteiger partial charge in [0, 0.05) is 38.5 Å². The molecule has 6 nitrogen and oxygen atoms in total. The molecule has 6 heteroatoms. The van der Waals surface area contributed by atoms with Crippen molar-refractivity contribution in [2.45, 2.75) is 53.6 Å². The Balaban J connectivity index is 1.91. The fraction of sp³-hybridized carbons (Fsp3) is 0.722. The van der Waals surface area contributed by atoms with Gasteiger partial charge < -0.3 is 9.88 Å². The van der Waals surface area contributed by atoms with E-state index in [1.807, 2.05) is 13.8 Å². The highest BCUT2D eigenvalue weighted by Gasteiger charge is 2.19. The number of hydrogen-bond acceptors (Lipinski definition) is 4. The van der Waals surface area contributed by atoms with Gasteiger partial charge in [0.25, 0.3) is 0 Å². The van der Waals surface area contributed by atoms with Crippen LogP contribution in [0.15, 0.2) is 12.2 Å². The highest BCUT2D eigenvalue weighted by Crippen LogP contribution is 2.10. The zero-order valence-corrected chi connectivity index (χ0v) is 15.5. The van der Waals surface area contributed by atoms with Crippen molar-refractivity contribution in [2.24, 2.45) is 11.8 Å². The summed E-state index contributed by atoms with van der Waals surface area (Å²) in [5.74, 6) is 2.61. The second kappa shape index (κ2) is 8.97. The summed E-state index contributed by atoms with van der Waals surface area (Å²) in [7, 11) is 0. The molecule has 0 saturated heterocycles. The molecule has 1 aliphatic rings. The SMILES string of the molecule is CCC(C)C(=O)NCc1nnc2n1CCN(CC=CC(C)C)CC2. The minimum absolute atomic E-state index is 0.0414. The van der Waals surface area contributed by atoms with Crippen LogP contribution in [0.3, 0.4) is 0 Å². The Bertz CT molecular complexity index is 564. The molecule has 0 spiro atoms. The second-order valence-corrected chi connectivity index (χ2v) is 6.93. The van der Waals surface area contributed by atoms with Gasteiger partial charge in [0.1, 0.15) is 5.82 Å². The molecule has 0 bridgehead atoms. The Hall–Kier alpha value is -1.69. The number of nitrogens with zero attached hydrogens (tertiary/aromatic N) is 4. The summed E-state index contributed by atoms with van der Waals surface area (Å²) in [6.07, 6.45) is 6.26. The molecule has 1 aromatic rings. The number of aromatic nitrogens is 3. The number of nitrogens with one attached hydrogen (secondary N) is 1. The molecule has 2 rings (SSSR count). The fourth-order valence-corrected chi connectivity index (χ4v) is 2.75. The monoisotopic (exact) mass is 333 g/mol. The molecular formula is C18H31N5O. The van der Waals surface area contributed by atoms with Gasteiger partial charge in [0.15, 0.2) is 5.82 Å². The molecule has 1 N–H and O–H groups in total. The van der Waals surface area contributed by atoms with Gasteiger partial charge in [-0.3, -0.25) is 9.69 Å². The van der Waals surface area contributed by atoms with Gasteiger partial charge in [-0.05, 0) is 12.3 Å². The molecule has 134 valence electrons. The number of allylic oxidation sites excluding steroid dienone is 1. The van der Waals surface area contributed by atoms with Gasteiger partial charge >= 0.3 is 0 Å². The van der Waals surface area contributed by atoms with Gasteiger partial charge in [-0.25, -0.2) is 0 Å². The Morgan fingerprint density at radius 1 is 1.25 bits per heavy atom. The van der Waals surface area contributed by atoms with E-state index < -0.39 is 0 Å². The lowest BCUT2D eigenvalue weighted by Gasteiger charge is -2.17. The smallest absolute Gasteiger partial charge is 0.223 e. The predicted molar refractivity (Wildman–Crippen MR) is 95.4 cm³/mol. The lowest BCUT2D eigenvalue weighted by atomic mass is 10.1. The maximum absolute atomic E-state index is 11.9. The Kier molecular flexibility index (Phi) is 6.97. The first-order valence-electron chi connectivity index (χ1n) is 9.09. The maximum atomic E-state index is 11.9. The van der Waals surface area contributed by atoms with Crippen molar-refractivity contribution >= 4 is 5.91 Å². The van der Waals surface area contributed by atoms with Gasteiger partial charge in [-0.2, -0.15) is 0 Å². The third-order valence-corrected chi connectivity index (χ3v) is 4.56. The van der Waals surface area contributed by atoms with E-state index in [1.54, 1.807) is 0 Å². The molecule has 2 heterocycles. The lowest BCUT2D eigenvalue weighted by Crippen LogP contribution is -2.30. The molecule has 0 radical (unpaired) electrons. The molecule has 0 saturated carbocycles. The number of amides is 1. The van der Waals surface area contributed by atoms with Gasteiger partial charge in [0.05, 0.1) is 6.54 Å². The highest BCUT2D eigenvalue weighted by atomic mass is 16.1.